The second-order valence-electron chi connectivity index (χ2n) is 5.94. The van der Waals surface area contributed by atoms with E-state index in [0.717, 1.165) is 45.2 Å². The van der Waals surface area contributed by atoms with Crippen LogP contribution in [0.1, 0.15) is 38.5 Å². The third kappa shape index (κ3) is 3.69. The fraction of sp³-hybridized carbons (Fsp3) is 0.923. The van der Waals surface area contributed by atoms with Crippen LogP contribution < -0.4 is 0 Å². The summed E-state index contributed by atoms with van der Waals surface area (Å²) in [7, 11) is -2.97. The molecule has 1 aliphatic carbocycles. The Labute approximate surface area is 114 Å². The molecule has 1 saturated carbocycles. The van der Waals surface area contributed by atoms with E-state index in [2.05, 4.69) is 4.90 Å². The smallest absolute Gasteiger partial charge is 0.303 e. The molecule has 1 aliphatic heterocycles. The lowest BCUT2D eigenvalue weighted by Gasteiger charge is -2.37. The second-order valence-corrected chi connectivity index (χ2v) is 8.21. The number of carboxylic acids is 1. The molecular weight excluding hydrogens is 266 g/mol. The van der Waals surface area contributed by atoms with Gasteiger partial charge in [-0.15, -0.1) is 0 Å². The molecule has 1 heterocycles. The highest BCUT2D eigenvalue weighted by Gasteiger charge is 2.39. The van der Waals surface area contributed by atoms with Gasteiger partial charge in [-0.25, -0.2) is 8.42 Å². The van der Waals surface area contributed by atoms with Crippen LogP contribution in [0.15, 0.2) is 0 Å². The fourth-order valence-electron chi connectivity index (χ4n) is 3.56. The highest BCUT2D eigenvalue weighted by molar-refractivity contribution is 7.91. The molecule has 0 aromatic heterocycles. The summed E-state index contributed by atoms with van der Waals surface area (Å²) in [6.45, 7) is 1.68. The fourth-order valence-corrected chi connectivity index (χ4v) is 5.03. The molecule has 1 saturated heterocycles. The summed E-state index contributed by atoms with van der Waals surface area (Å²) < 4.78 is 23.6. The molecule has 2 rings (SSSR count). The maximum absolute atomic E-state index is 11.8. The van der Waals surface area contributed by atoms with E-state index in [-0.39, 0.29) is 23.6 Å². The molecule has 5 nitrogen and oxygen atoms in total. The van der Waals surface area contributed by atoms with Gasteiger partial charge in [-0.3, -0.25) is 9.69 Å². The van der Waals surface area contributed by atoms with Gasteiger partial charge in [0.2, 0.25) is 0 Å². The Morgan fingerprint density at radius 2 is 1.84 bits per heavy atom. The Balaban J connectivity index is 1.92. The lowest BCUT2D eigenvalue weighted by Crippen LogP contribution is -2.47. The highest BCUT2D eigenvalue weighted by Crippen LogP contribution is 2.32. The molecule has 2 fully saturated rings. The number of carbonyl (C=O) groups is 1. The summed E-state index contributed by atoms with van der Waals surface area (Å²) in [6, 6.07) is 0.153. The highest BCUT2D eigenvalue weighted by atomic mass is 32.2. The summed E-state index contributed by atoms with van der Waals surface area (Å²) in [6.07, 6.45) is 6.05. The van der Waals surface area contributed by atoms with Gasteiger partial charge in [0.1, 0.15) is 0 Å². The molecule has 1 N–H and O–H groups in total. The summed E-state index contributed by atoms with van der Waals surface area (Å²) in [5.74, 6) is -0.472. The molecule has 0 bridgehead atoms. The van der Waals surface area contributed by atoms with Crippen molar-refractivity contribution in [3.05, 3.63) is 0 Å². The molecule has 0 radical (unpaired) electrons. The molecule has 110 valence electrons. The minimum atomic E-state index is -2.97. The van der Waals surface area contributed by atoms with Crippen molar-refractivity contribution >= 4 is 15.8 Å². The zero-order valence-electron chi connectivity index (χ0n) is 11.4. The number of aliphatic carboxylic acids is 1. The predicted molar refractivity (Wildman–Crippen MR) is 72.8 cm³/mol. The zero-order chi connectivity index (χ0) is 14.0. The first-order valence-electron chi connectivity index (χ1n) is 7.02. The van der Waals surface area contributed by atoms with Gasteiger partial charge in [-0.05, 0) is 44.7 Å². The van der Waals surface area contributed by atoms with Crippen LogP contribution in [0.5, 0.6) is 0 Å². The van der Waals surface area contributed by atoms with Crippen molar-refractivity contribution in [1.82, 2.24) is 4.90 Å². The quantitative estimate of drug-likeness (QED) is 0.840. The number of hydrogen-bond donors (Lipinski definition) is 1. The minimum absolute atomic E-state index is 0.153. The van der Waals surface area contributed by atoms with Crippen LogP contribution in [0.2, 0.25) is 0 Å². The summed E-state index contributed by atoms with van der Waals surface area (Å²) >= 11 is 0. The van der Waals surface area contributed by atoms with Gasteiger partial charge in [0.25, 0.3) is 0 Å². The third-order valence-electron chi connectivity index (χ3n) is 4.55. The first-order chi connectivity index (χ1) is 8.88. The molecular formula is C13H23NO4S. The van der Waals surface area contributed by atoms with Crippen molar-refractivity contribution in [3.8, 4) is 0 Å². The van der Waals surface area contributed by atoms with Crippen molar-refractivity contribution < 1.29 is 18.3 Å². The van der Waals surface area contributed by atoms with Gasteiger partial charge in [0.15, 0.2) is 9.84 Å². The van der Waals surface area contributed by atoms with Crippen LogP contribution >= 0.6 is 0 Å². The first kappa shape index (κ1) is 14.8. The van der Waals surface area contributed by atoms with Gasteiger partial charge < -0.3 is 5.11 Å². The zero-order valence-corrected chi connectivity index (χ0v) is 12.2. The average molecular weight is 289 g/mol. The predicted octanol–water partition coefficient (Wildman–Crippen LogP) is 1.14. The Hall–Kier alpha value is -0.620. The number of nitrogens with zero attached hydrogens (tertiary/aromatic N) is 1. The van der Waals surface area contributed by atoms with Gasteiger partial charge in [0, 0.05) is 18.7 Å². The van der Waals surface area contributed by atoms with Crippen molar-refractivity contribution in [2.75, 3.05) is 19.3 Å². The number of piperidine rings is 1. The lowest BCUT2D eigenvalue weighted by molar-refractivity contribution is -0.138. The van der Waals surface area contributed by atoms with Crippen LogP contribution in [0, 0.1) is 5.92 Å². The molecule has 0 aromatic carbocycles. The van der Waals surface area contributed by atoms with Crippen LogP contribution in [-0.2, 0) is 14.6 Å². The minimum Gasteiger partial charge on any atom is -0.481 e. The van der Waals surface area contributed by atoms with E-state index < -0.39 is 15.8 Å². The van der Waals surface area contributed by atoms with Crippen LogP contribution in [0.25, 0.3) is 0 Å². The van der Waals surface area contributed by atoms with Gasteiger partial charge in [0.05, 0.1) is 5.25 Å². The van der Waals surface area contributed by atoms with Crippen LogP contribution in [0.4, 0.5) is 0 Å². The van der Waals surface area contributed by atoms with E-state index in [9.17, 15) is 13.2 Å². The molecule has 2 atom stereocenters. The molecule has 2 unspecified atom stereocenters. The Morgan fingerprint density at radius 3 is 2.37 bits per heavy atom. The van der Waals surface area contributed by atoms with Crippen molar-refractivity contribution in [3.63, 3.8) is 0 Å². The summed E-state index contributed by atoms with van der Waals surface area (Å²) in [4.78, 5) is 13.0. The maximum atomic E-state index is 11.8. The lowest BCUT2D eigenvalue weighted by atomic mass is 9.92. The Morgan fingerprint density at radius 1 is 1.21 bits per heavy atom. The van der Waals surface area contributed by atoms with E-state index in [1.54, 1.807) is 0 Å². The van der Waals surface area contributed by atoms with Gasteiger partial charge >= 0.3 is 5.97 Å². The number of hydrogen-bond acceptors (Lipinski definition) is 4. The van der Waals surface area contributed by atoms with E-state index in [1.807, 2.05) is 0 Å². The molecule has 19 heavy (non-hydrogen) atoms. The average Bonchev–Trinajstić information content (AvgIpc) is 2.77. The van der Waals surface area contributed by atoms with E-state index >= 15 is 0 Å². The number of rotatable bonds is 4. The van der Waals surface area contributed by atoms with Crippen molar-refractivity contribution in [1.29, 1.82) is 0 Å². The Kier molecular flexibility index (Phi) is 4.50. The number of carboxylic acid groups (broad SMARTS) is 1. The normalized spacial score (nSPS) is 30.6. The SMILES string of the molecule is CS(=O)(=O)C1CCCC1N1CCC(CC(=O)O)CC1. The molecule has 0 amide bonds. The summed E-state index contributed by atoms with van der Waals surface area (Å²) in [5, 5.41) is 8.58. The van der Waals surface area contributed by atoms with E-state index in [1.165, 1.54) is 6.26 Å². The number of likely N-dealkylation sites (tertiary alicyclic amines) is 1. The standard InChI is InChI=1S/C13H23NO4S/c1-19(17,18)12-4-2-3-11(12)14-7-5-10(6-8-14)9-13(15)16/h10-12H,2-9H2,1H3,(H,15,16). The molecule has 0 aromatic rings. The maximum Gasteiger partial charge on any atom is 0.303 e. The van der Waals surface area contributed by atoms with Crippen LogP contribution in [0.3, 0.4) is 0 Å². The van der Waals surface area contributed by atoms with Crippen molar-refractivity contribution in [2.45, 2.75) is 49.8 Å². The third-order valence-corrected chi connectivity index (χ3v) is 6.20. The number of sulfone groups is 1. The van der Waals surface area contributed by atoms with E-state index in [4.69, 9.17) is 5.11 Å². The largest absolute Gasteiger partial charge is 0.481 e. The molecule has 0 spiro atoms. The monoisotopic (exact) mass is 289 g/mol. The first-order valence-corrected chi connectivity index (χ1v) is 8.98. The summed E-state index contributed by atoms with van der Waals surface area (Å²) in [5.41, 5.74) is 0. The Bertz CT molecular complexity index is 426. The van der Waals surface area contributed by atoms with E-state index in [0.29, 0.717) is 0 Å². The van der Waals surface area contributed by atoms with Crippen LogP contribution in [-0.4, -0.2) is 55.0 Å². The van der Waals surface area contributed by atoms with Crippen molar-refractivity contribution in [2.24, 2.45) is 5.92 Å². The molecule has 6 heteroatoms. The second kappa shape index (κ2) is 5.79. The topological polar surface area (TPSA) is 74.7 Å². The van der Waals surface area contributed by atoms with Gasteiger partial charge in [-0.1, -0.05) is 6.42 Å². The molecule has 2 aliphatic rings. The van der Waals surface area contributed by atoms with Gasteiger partial charge in [-0.2, -0.15) is 0 Å².